The van der Waals surface area contributed by atoms with Gasteiger partial charge >= 0.3 is 18.6 Å². The summed E-state index contributed by atoms with van der Waals surface area (Å²) in [5.41, 5.74) is 7.95. The summed E-state index contributed by atoms with van der Waals surface area (Å²) in [7, 11) is 0. The molecule has 0 saturated carbocycles. The molecular formula is C27H36F2N6O4. The summed E-state index contributed by atoms with van der Waals surface area (Å²) in [6, 6.07) is 6.09. The highest BCUT2D eigenvalue weighted by molar-refractivity contribution is 5.78. The Hall–Kier alpha value is -3.54. The number of urea groups is 1. The molecule has 0 bridgehead atoms. The van der Waals surface area contributed by atoms with Crippen LogP contribution in [0.15, 0.2) is 30.5 Å². The van der Waals surface area contributed by atoms with E-state index in [-0.39, 0.29) is 24.9 Å². The molecule has 1 fully saturated rings. The first-order valence-electron chi connectivity index (χ1n) is 13.2. The zero-order chi connectivity index (χ0) is 28.0. The van der Waals surface area contributed by atoms with Crippen molar-refractivity contribution < 1.29 is 27.8 Å². The van der Waals surface area contributed by atoms with Crippen LogP contribution in [0.1, 0.15) is 56.0 Å². The maximum Gasteiger partial charge on any atom is 0.388 e. The standard InChI is InChI=1S/C27H36F2N6O4/c1-27(2,30)17-38-23(36)15-21(19-8-10-22(32-16-19)39-25(28)29)35-14-13-34(26(35)37)12-4-6-20-9-7-18-5-3-11-31-24(18)33-20/h7-10,16,21,25H,3-6,11-15,17,30H2,1-2H3,(H,31,33)/t21-/m0/s1. The van der Waals surface area contributed by atoms with Crippen LogP contribution in [-0.2, 0) is 22.4 Å². The minimum absolute atomic E-state index is 0.0181. The van der Waals surface area contributed by atoms with Gasteiger partial charge in [-0.25, -0.2) is 14.8 Å². The first-order chi connectivity index (χ1) is 18.6. The first kappa shape index (κ1) is 28.5. The van der Waals surface area contributed by atoms with Crippen LogP contribution in [0.4, 0.5) is 19.4 Å². The van der Waals surface area contributed by atoms with Gasteiger partial charge in [0.25, 0.3) is 0 Å². The summed E-state index contributed by atoms with van der Waals surface area (Å²) >= 11 is 0. The molecule has 39 heavy (non-hydrogen) atoms. The number of pyridine rings is 2. The van der Waals surface area contributed by atoms with Crippen LogP contribution in [0.3, 0.4) is 0 Å². The Bertz CT molecular complexity index is 1140. The van der Waals surface area contributed by atoms with Gasteiger partial charge in [-0.15, -0.1) is 0 Å². The highest BCUT2D eigenvalue weighted by Crippen LogP contribution is 2.30. The summed E-state index contributed by atoms with van der Waals surface area (Å²) in [6.07, 6.45) is 4.83. The number of anilines is 1. The summed E-state index contributed by atoms with van der Waals surface area (Å²) < 4.78 is 34.8. The van der Waals surface area contributed by atoms with Crippen molar-refractivity contribution in [2.24, 2.45) is 5.73 Å². The minimum Gasteiger partial charge on any atom is -0.464 e. The van der Waals surface area contributed by atoms with Crippen molar-refractivity contribution in [1.29, 1.82) is 0 Å². The Balaban J connectivity index is 1.40. The van der Waals surface area contributed by atoms with Gasteiger partial charge in [-0.3, -0.25) is 4.79 Å². The molecule has 2 aliphatic rings. The molecule has 0 aliphatic carbocycles. The number of amides is 2. The van der Waals surface area contributed by atoms with Crippen molar-refractivity contribution in [3.05, 3.63) is 47.3 Å². The predicted molar refractivity (Wildman–Crippen MR) is 140 cm³/mol. The average molecular weight is 547 g/mol. The molecule has 2 amide bonds. The number of fused-ring (bicyclic) bond motifs is 1. The van der Waals surface area contributed by atoms with E-state index in [1.165, 1.54) is 23.9 Å². The average Bonchev–Trinajstić information content (AvgIpc) is 3.25. The minimum atomic E-state index is -3.00. The van der Waals surface area contributed by atoms with Gasteiger partial charge in [-0.05, 0) is 56.7 Å². The van der Waals surface area contributed by atoms with Gasteiger partial charge in [-0.1, -0.05) is 12.1 Å². The van der Waals surface area contributed by atoms with Crippen molar-refractivity contribution >= 4 is 17.8 Å². The second-order valence-corrected chi connectivity index (χ2v) is 10.6. The Morgan fingerprint density at radius 3 is 2.77 bits per heavy atom. The first-order valence-corrected chi connectivity index (χ1v) is 13.2. The van der Waals surface area contributed by atoms with E-state index in [1.54, 1.807) is 23.6 Å². The number of aromatic nitrogens is 2. The van der Waals surface area contributed by atoms with E-state index in [4.69, 9.17) is 15.5 Å². The van der Waals surface area contributed by atoms with Crippen molar-refractivity contribution in [2.45, 2.75) is 64.1 Å². The second-order valence-electron chi connectivity index (χ2n) is 10.6. The Kier molecular flexibility index (Phi) is 9.16. The van der Waals surface area contributed by atoms with Crippen molar-refractivity contribution in [1.82, 2.24) is 19.8 Å². The summed E-state index contributed by atoms with van der Waals surface area (Å²) in [6.45, 7) is 2.86. The van der Waals surface area contributed by atoms with Gasteiger partial charge in [0.1, 0.15) is 12.4 Å². The SMILES string of the molecule is CC(C)(N)COC(=O)C[C@@H](c1ccc(OC(F)F)nc1)N1CCN(CCCc2ccc3c(n2)NCCC3)C1=O. The molecular weight excluding hydrogens is 510 g/mol. The van der Waals surface area contributed by atoms with E-state index in [2.05, 4.69) is 21.1 Å². The Morgan fingerprint density at radius 1 is 1.23 bits per heavy atom. The largest absolute Gasteiger partial charge is 0.464 e. The zero-order valence-electron chi connectivity index (χ0n) is 22.4. The Labute approximate surface area is 226 Å². The quantitative estimate of drug-likeness (QED) is 0.388. The maximum absolute atomic E-state index is 13.4. The Morgan fingerprint density at radius 2 is 2.05 bits per heavy atom. The van der Waals surface area contributed by atoms with Crippen LogP contribution in [0.25, 0.3) is 0 Å². The maximum atomic E-state index is 13.4. The number of nitrogens with one attached hydrogen (secondary N) is 1. The number of rotatable bonds is 12. The lowest BCUT2D eigenvalue weighted by Gasteiger charge is -2.28. The number of aryl methyl sites for hydroxylation is 2. The number of halogens is 2. The van der Waals surface area contributed by atoms with Crippen LogP contribution >= 0.6 is 0 Å². The molecule has 2 aromatic heterocycles. The topological polar surface area (TPSA) is 123 Å². The fourth-order valence-corrected chi connectivity index (χ4v) is 4.70. The number of carbonyl (C=O) groups excluding carboxylic acids is 2. The van der Waals surface area contributed by atoms with E-state index < -0.39 is 24.2 Å². The number of ether oxygens (including phenoxy) is 2. The molecule has 212 valence electrons. The predicted octanol–water partition coefficient (Wildman–Crippen LogP) is 3.52. The van der Waals surface area contributed by atoms with Gasteiger partial charge in [0, 0.05) is 49.7 Å². The van der Waals surface area contributed by atoms with Gasteiger partial charge in [0.2, 0.25) is 5.88 Å². The lowest BCUT2D eigenvalue weighted by atomic mass is 10.0. The van der Waals surface area contributed by atoms with Gasteiger partial charge in [0.05, 0.1) is 12.5 Å². The number of alkyl halides is 2. The molecule has 0 aromatic carbocycles. The molecule has 1 atom stereocenters. The summed E-state index contributed by atoms with van der Waals surface area (Å²) in [4.78, 5) is 38.0. The monoisotopic (exact) mass is 546 g/mol. The van der Waals surface area contributed by atoms with Gasteiger partial charge < -0.3 is 30.3 Å². The van der Waals surface area contributed by atoms with E-state index in [1.807, 2.05) is 6.07 Å². The van der Waals surface area contributed by atoms with Crippen LogP contribution in [0, 0.1) is 0 Å². The third-order valence-corrected chi connectivity index (χ3v) is 6.64. The molecule has 4 rings (SSSR count). The molecule has 0 spiro atoms. The number of carbonyl (C=O) groups is 2. The smallest absolute Gasteiger partial charge is 0.388 e. The fraction of sp³-hybridized carbons (Fsp3) is 0.556. The number of nitrogens with zero attached hydrogens (tertiary/aromatic N) is 4. The van der Waals surface area contributed by atoms with Crippen LogP contribution < -0.4 is 15.8 Å². The molecule has 0 unspecified atom stereocenters. The number of esters is 1. The number of hydrogen-bond acceptors (Lipinski definition) is 8. The molecule has 3 N–H and O–H groups in total. The molecule has 10 nitrogen and oxygen atoms in total. The molecule has 1 saturated heterocycles. The van der Waals surface area contributed by atoms with Crippen LogP contribution in [0.5, 0.6) is 5.88 Å². The van der Waals surface area contributed by atoms with Gasteiger partial charge in [0.15, 0.2) is 0 Å². The zero-order valence-corrected chi connectivity index (χ0v) is 22.4. The van der Waals surface area contributed by atoms with E-state index >= 15 is 0 Å². The fourth-order valence-electron chi connectivity index (χ4n) is 4.70. The highest BCUT2D eigenvalue weighted by Gasteiger charge is 2.36. The van der Waals surface area contributed by atoms with Crippen molar-refractivity contribution in [3.8, 4) is 5.88 Å². The van der Waals surface area contributed by atoms with Crippen molar-refractivity contribution in [2.75, 3.05) is 38.1 Å². The molecule has 12 heteroatoms. The van der Waals surface area contributed by atoms with Gasteiger partial charge in [-0.2, -0.15) is 8.78 Å². The molecule has 2 aromatic rings. The summed E-state index contributed by atoms with van der Waals surface area (Å²) in [5, 5.41) is 3.34. The lowest BCUT2D eigenvalue weighted by Crippen LogP contribution is -2.39. The molecule has 0 radical (unpaired) electrons. The number of nitrogens with two attached hydrogens (primary N) is 1. The molecule has 4 heterocycles. The number of hydrogen-bond donors (Lipinski definition) is 2. The van der Waals surface area contributed by atoms with E-state index in [0.717, 1.165) is 43.7 Å². The normalized spacial score (nSPS) is 16.2. The lowest BCUT2D eigenvalue weighted by molar-refractivity contribution is -0.146. The third-order valence-electron chi connectivity index (χ3n) is 6.64. The van der Waals surface area contributed by atoms with Crippen LogP contribution in [-0.4, -0.2) is 76.7 Å². The van der Waals surface area contributed by atoms with Crippen molar-refractivity contribution in [3.63, 3.8) is 0 Å². The third kappa shape index (κ3) is 7.98. The highest BCUT2D eigenvalue weighted by atomic mass is 19.3. The van der Waals surface area contributed by atoms with E-state index in [0.29, 0.717) is 25.2 Å². The summed E-state index contributed by atoms with van der Waals surface area (Å²) in [5.74, 6) is 0.179. The second kappa shape index (κ2) is 12.5. The van der Waals surface area contributed by atoms with Crippen LogP contribution in [0.2, 0.25) is 0 Å². The molecule has 2 aliphatic heterocycles. The van der Waals surface area contributed by atoms with E-state index in [9.17, 15) is 18.4 Å².